The van der Waals surface area contributed by atoms with Crippen LogP contribution < -0.4 is 10.7 Å². The zero-order chi connectivity index (χ0) is 22.6. The van der Waals surface area contributed by atoms with Gasteiger partial charge in [-0.05, 0) is 74.5 Å². The topological polar surface area (TPSA) is 109 Å². The lowest BCUT2D eigenvalue weighted by Gasteiger charge is -2.55. The van der Waals surface area contributed by atoms with Crippen molar-refractivity contribution in [2.75, 3.05) is 5.32 Å². The van der Waals surface area contributed by atoms with E-state index in [0.29, 0.717) is 16.1 Å². The lowest BCUT2D eigenvalue weighted by molar-refractivity contribution is -0.112. The number of hydrogen-bond acceptors (Lipinski definition) is 7. The van der Waals surface area contributed by atoms with Crippen molar-refractivity contribution in [3.8, 4) is 6.07 Å². The predicted octanol–water partition coefficient (Wildman–Crippen LogP) is 4.66. The first-order chi connectivity index (χ1) is 16.0. The number of anilines is 1. The summed E-state index contributed by atoms with van der Waals surface area (Å²) in [5, 5.41) is 22.7. The van der Waals surface area contributed by atoms with Crippen LogP contribution in [-0.4, -0.2) is 16.1 Å². The molecule has 0 unspecified atom stereocenters. The van der Waals surface area contributed by atoms with Crippen LogP contribution in [0.1, 0.15) is 49.1 Å². The fraction of sp³-hybridized carbons (Fsp3) is 0.400. The van der Waals surface area contributed by atoms with E-state index in [1.54, 1.807) is 24.3 Å². The van der Waals surface area contributed by atoms with Crippen LogP contribution in [0.3, 0.4) is 0 Å². The lowest BCUT2D eigenvalue weighted by atomic mass is 9.50. The molecule has 8 heteroatoms. The summed E-state index contributed by atoms with van der Waals surface area (Å²) in [4.78, 5) is 25.5. The molecule has 2 aromatic heterocycles. The van der Waals surface area contributed by atoms with Gasteiger partial charge in [-0.3, -0.25) is 14.9 Å². The molecule has 1 N–H and O–H groups in total. The van der Waals surface area contributed by atoms with Crippen molar-refractivity contribution in [3.63, 3.8) is 0 Å². The number of nitriles is 1. The summed E-state index contributed by atoms with van der Waals surface area (Å²) in [7, 11) is 0. The number of carbonyl (C=O) groups excluding carboxylic acids is 1. The Balaban J connectivity index is 1.24. The highest BCUT2D eigenvalue weighted by atomic mass is 32.1. The normalized spacial score (nSPS) is 28.1. The molecule has 4 fully saturated rings. The molecular weight excluding hydrogens is 436 g/mol. The van der Waals surface area contributed by atoms with E-state index in [1.165, 1.54) is 62.2 Å². The molecule has 4 aliphatic rings. The standard InChI is InChI=1S/C25H22N4O3S/c26-12-17(8-18-13-32-20-4-2-1-3-19(20)21(18)30)22(31)27-24-29-28-23(33-24)25-9-14-5-15(10-25)7-16(6-14)11-25/h1-4,8,13-16H,5-7,9-11H2,(H,27,29,31)/b17-8-. The van der Waals surface area contributed by atoms with Gasteiger partial charge in [-0.1, -0.05) is 23.5 Å². The van der Waals surface area contributed by atoms with Gasteiger partial charge in [0.1, 0.15) is 28.5 Å². The van der Waals surface area contributed by atoms with Crippen molar-refractivity contribution in [2.45, 2.75) is 43.9 Å². The van der Waals surface area contributed by atoms with Gasteiger partial charge in [0.2, 0.25) is 5.13 Å². The van der Waals surface area contributed by atoms with Crippen LogP contribution in [0, 0.1) is 29.1 Å². The minimum atomic E-state index is -0.613. The summed E-state index contributed by atoms with van der Waals surface area (Å²) in [6.07, 6.45) is 10.1. The number of benzene rings is 1. The molecule has 0 aliphatic heterocycles. The number of nitrogens with one attached hydrogen (secondary N) is 1. The predicted molar refractivity (Wildman–Crippen MR) is 124 cm³/mol. The van der Waals surface area contributed by atoms with Gasteiger partial charge in [0.25, 0.3) is 5.91 Å². The maximum Gasteiger partial charge on any atom is 0.268 e. The minimum absolute atomic E-state index is 0.105. The van der Waals surface area contributed by atoms with E-state index in [-0.39, 0.29) is 22.0 Å². The van der Waals surface area contributed by atoms with Crippen LogP contribution in [0.2, 0.25) is 0 Å². The van der Waals surface area contributed by atoms with Crippen LogP contribution in [0.25, 0.3) is 17.0 Å². The van der Waals surface area contributed by atoms with Gasteiger partial charge < -0.3 is 4.42 Å². The molecule has 7 nitrogen and oxygen atoms in total. The molecule has 7 rings (SSSR count). The molecule has 166 valence electrons. The third kappa shape index (κ3) is 3.47. The molecule has 0 saturated heterocycles. The number of nitrogens with zero attached hydrogens (tertiary/aromatic N) is 3. The highest BCUT2D eigenvalue weighted by Crippen LogP contribution is 2.61. The van der Waals surface area contributed by atoms with Crippen LogP contribution in [0.5, 0.6) is 0 Å². The molecular formula is C25H22N4O3S. The fourth-order valence-electron chi connectivity index (χ4n) is 6.52. The number of hydrogen-bond donors (Lipinski definition) is 1. The average Bonchev–Trinajstić information content (AvgIpc) is 3.27. The molecule has 4 saturated carbocycles. The van der Waals surface area contributed by atoms with Gasteiger partial charge in [0, 0.05) is 5.41 Å². The summed E-state index contributed by atoms with van der Waals surface area (Å²) in [5.41, 5.74) is 0.218. The number of fused-ring (bicyclic) bond motifs is 1. The van der Waals surface area contributed by atoms with E-state index in [2.05, 4.69) is 15.5 Å². The minimum Gasteiger partial charge on any atom is -0.463 e. The summed E-state index contributed by atoms with van der Waals surface area (Å²) < 4.78 is 5.48. The van der Waals surface area contributed by atoms with E-state index in [4.69, 9.17) is 4.42 Å². The molecule has 4 aliphatic carbocycles. The number of aromatic nitrogens is 2. The molecule has 1 amide bonds. The van der Waals surface area contributed by atoms with Gasteiger partial charge in [-0.2, -0.15) is 5.26 Å². The van der Waals surface area contributed by atoms with Gasteiger partial charge >= 0.3 is 0 Å². The largest absolute Gasteiger partial charge is 0.463 e. The molecule has 0 radical (unpaired) electrons. The molecule has 4 bridgehead atoms. The second-order valence-electron chi connectivity index (χ2n) is 9.75. The second kappa shape index (κ2) is 7.63. The van der Waals surface area contributed by atoms with Gasteiger partial charge in [-0.25, -0.2) is 0 Å². The van der Waals surface area contributed by atoms with Crippen LogP contribution in [-0.2, 0) is 10.2 Å². The Morgan fingerprint density at radius 2 is 1.85 bits per heavy atom. The summed E-state index contributed by atoms with van der Waals surface area (Å²) in [6, 6.07) is 8.74. The van der Waals surface area contributed by atoms with E-state index in [1.807, 2.05) is 6.07 Å². The van der Waals surface area contributed by atoms with Crippen molar-refractivity contribution in [3.05, 3.63) is 56.9 Å². The van der Waals surface area contributed by atoms with Crippen molar-refractivity contribution >= 4 is 39.4 Å². The maximum absolute atomic E-state index is 12.8. The third-order valence-electron chi connectivity index (χ3n) is 7.51. The number of amides is 1. The molecule has 3 aromatic rings. The summed E-state index contributed by atoms with van der Waals surface area (Å²) in [6.45, 7) is 0. The van der Waals surface area contributed by atoms with E-state index < -0.39 is 5.91 Å². The van der Waals surface area contributed by atoms with Crippen LogP contribution >= 0.6 is 11.3 Å². The molecule has 0 atom stereocenters. The van der Waals surface area contributed by atoms with Crippen molar-refractivity contribution in [1.29, 1.82) is 5.26 Å². The van der Waals surface area contributed by atoms with Gasteiger partial charge in [0.15, 0.2) is 5.43 Å². The first kappa shape index (κ1) is 20.3. The quantitative estimate of drug-likeness (QED) is 0.450. The average molecular weight is 459 g/mol. The van der Waals surface area contributed by atoms with E-state index >= 15 is 0 Å². The lowest BCUT2D eigenvalue weighted by Crippen LogP contribution is -2.48. The highest BCUT2D eigenvalue weighted by Gasteiger charge is 2.53. The zero-order valence-corrected chi connectivity index (χ0v) is 18.7. The van der Waals surface area contributed by atoms with Gasteiger partial charge in [-0.15, -0.1) is 10.2 Å². The Morgan fingerprint density at radius 3 is 2.55 bits per heavy atom. The van der Waals surface area contributed by atoms with Crippen LogP contribution in [0.15, 0.2) is 45.3 Å². The Labute approximate surface area is 194 Å². The highest BCUT2D eigenvalue weighted by molar-refractivity contribution is 7.15. The van der Waals surface area contributed by atoms with Crippen LogP contribution in [0.4, 0.5) is 5.13 Å². The van der Waals surface area contributed by atoms with E-state index in [0.717, 1.165) is 22.8 Å². The van der Waals surface area contributed by atoms with Crippen molar-refractivity contribution < 1.29 is 9.21 Å². The molecule has 33 heavy (non-hydrogen) atoms. The second-order valence-corrected chi connectivity index (χ2v) is 10.7. The number of para-hydroxylation sites is 1. The van der Waals surface area contributed by atoms with E-state index in [9.17, 15) is 14.9 Å². The molecule has 1 aromatic carbocycles. The molecule has 2 heterocycles. The summed E-state index contributed by atoms with van der Waals surface area (Å²) >= 11 is 1.42. The summed E-state index contributed by atoms with van der Waals surface area (Å²) in [5.74, 6) is 1.76. The number of rotatable bonds is 4. The van der Waals surface area contributed by atoms with Crippen molar-refractivity contribution in [2.24, 2.45) is 17.8 Å². The van der Waals surface area contributed by atoms with Gasteiger partial charge in [0.05, 0.1) is 10.9 Å². The Bertz CT molecular complexity index is 1360. The third-order valence-corrected chi connectivity index (χ3v) is 8.59. The zero-order valence-electron chi connectivity index (χ0n) is 17.9. The first-order valence-corrected chi connectivity index (χ1v) is 12.1. The Morgan fingerprint density at radius 1 is 1.15 bits per heavy atom. The molecule has 0 spiro atoms. The SMILES string of the molecule is N#C/C(=C/c1coc2ccccc2c1=O)C(=O)Nc1nnc(C23CC4CC(CC(C4)C2)C3)s1. The van der Waals surface area contributed by atoms with Crippen molar-refractivity contribution in [1.82, 2.24) is 10.2 Å². The fourth-order valence-corrected chi connectivity index (χ4v) is 7.48. The Hall–Kier alpha value is -3.31. The monoisotopic (exact) mass is 458 g/mol. The Kier molecular flexibility index (Phi) is 4.70. The maximum atomic E-state index is 12.8. The first-order valence-electron chi connectivity index (χ1n) is 11.3. The smallest absolute Gasteiger partial charge is 0.268 e. The number of carbonyl (C=O) groups is 1.